The number of benzene rings is 1. The Morgan fingerprint density at radius 1 is 1.20 bits per heavy atom. The van der Waals surface area contributed by atoms with Gasteiger partial charge < -0.3 is 15.6 Å². The molecule has 0 aliphatic carbocycles. The topological polar surface area (TPSA) is 108 Å². The molecule has 2 heterocycles. The number of aromatic nitrogens is 1. The van der Waals surface area contributed by atoms with Crippen molar-refractivity contribution in [2.24, 2.45) is 0 Å². The van der Waals surface area contributed by atoms with E-state index in [9.17, 15) is 13.2 Å². The molecule has 3 rings (SSSR count). The Hall–Kier alpha value is -2.32. The standard InChI is InChI=1S/C17H22N4O3S/c18-14-5-3-13(4-6-14)7-8-20-25(23,24)15-11-16(19-12-15)17(22)21-9-1-2-10-21/h3-6,11-12,19-20H,1-2,7-10,18H2. The van der Waals surface area contributed by atoms with Crippen LogP contribution in [0.1, 0.15) is 28.9 Å². The summed E-state index contributed by atoms with van der Waals surface area (Å²) in [6, 6.07) is 8.70. The number of aromatic amines is 1. The molecule has 134 valence electrons. The highest BCUT2D eigenvalue weighted by Crippen LogP contribution is 2.16. The molecule has 0 bridgehead atoms. The molecule has 1 saturated heterocycles. The predicted octanol–water partition coefficient (Wildman–Crippen LogP) is 1.35. The second-order valence-corrected chi connectivity index (χ2v) is 7.90. The van der Waals surface area contributed by atoms with Crippen LogP contribution in [0, 0.1) is 0 Å². The zero-order valence-corrected chi connectivity index (χ0v) is 14.7. The van der Waals surface area contributed by atoms with E-state index in [2.05, 4.69) is 9.71 Å². The fourth-order valence-corrected chi connectivity index (χ4v) is 3.87. The van der Waals surface area contributed by atoms with Crippen molar-refractivity contribution in [2.75, 3.05) is 25.4 Å². The molecule has 4 N–H and O–H groups in total. The third kappa shape index (κ3) is 4.21. The van der Waals surface area contributed by atoms with Crippen molar-refractivity contribution in [1.82, 2.24) is 14.6 Å². The molecule has 1 aliphatic heterocycles. The maximum Gasteiger partial charge on any atom is 0.270 e. The number of hydrogen-bond donors (Lipinski definition) is 3. The van der Waals surface area contributed by atoms with Crippen LogP contribution in [0.5, 0.6) is 0 Å². The van der Waals surface area contributed by atoms with Gasteiger partial charge in [0.25, 0.3) is 5.91 Å². The van der Waals surface area contributed by atoms with Crippen LogP contribution in [0.3, 0.4) is 0 Å². The van der Waals surface area contributed by atoms with Gasteiger partial charge in [-0.15, -0.1) is 0 Å². The molecule has 2 aromatic rings. The van der Waals surface area contributed by atoms with Gasteiger partial charge in [-0.1, -0.05) is 12.1 Å². The van der Waals surface area contributed by atoms with E-state index in [0.717, 1.165) is 31.5 Å². The van der Waals surface area contributed by atoms with Gasteiger partial charge in [-0.3, -0.25) is 4.79 Å². The van der Waals surface area contributed by atoms with E-state index >= 15 is 0 Å². The number of carbonyl (C=O) groups is 1. The molecule has 1 aliphatic rings. The first-order valence-electron chi connectivity index (χ1n) is 8.27. The fraction of sp³-hybridized carbons (Fsp3) is 0.353. The molecule has 25 heavy (non-hydrogen) atoms. The number of nitrogens with zero attached hydrogens (tertiary/aromatic N) is 1. The second kappa shape index (κ2) is 7.28. The third-order valence-corrected chi connectivity index (χ3v) is 5.72. The van der Waals surface area contributed by atoms with Gasteiger partial charge in [-0.25, -0.2) is 13.1 Å². The normalized spacial score (nSPS) is 14.8. The quantitative estimate of drug-likeness (QED) is 0.674. The number of hydrogen-bond acceptors (Lipinski definition) is 4. The maximum atomic E-state index is 12.4. The van der Waals surface area contributed by atoms with Gasteiger partial charge in [-0.2, -0.15) is 0 Å². The van der Waals surface area contributed by atoms with E-state index in [4.69, 9.17) is 5.73 Å². The molecule has 1 aromatic heterocycles. The lowest BCUT2D eigenvalue weighted by atomic mass is 10.1. The largest absolute Gasteiger partial charge is 0.399 e. The molecule has 7 nitrogen and oxygen atoms in total. The molecule has 0 saturated carbocycles. The maximum absolute atomic E-state index is 12.4. The molecular formula is C17H22N4O3S. The molecule has 0 atom stereocenters. The number of sulfonamides is 1. The number of likely N-dealkylation sites (tertiary alicyclic amines) is 1. The van der Waals surface area contributed by atoms with Crippen LogP contribution in [0.2, 0.25) is 0 Å². The molecule has 0 unspecified atom stereocenters. The van der Waals surface area contributed by atoms with Gasteiger partial charge in [0.1, 0.15) is 10.6 Å². The summed E-state index contributed by atoms with van der Waals surface area (Å²) in [5, 5.41) is 0. The van der Waals surface area contributed by atoms with Gasteiger partial charge in [-0.05, 0) is 43.0 Å². The number of nitrogens with one attached hydrogen (secondary N) is 2. The molecule has 8 heteroatoms. The first-order chi connectivity index (χ1) is 12.0. The van der Waals surface area contributed by atoms with Crippen LogP contribution >= 0.6 is 0 Å². The molecule has 1 fully saturated rings. The number of amides is 1. The summed E-state index contributed by atoms with van der Waals surface area (Å²) in [7, 11) is -3.65. The Balaban J connectivity index is 1.60. The first-order valence-corrected chi connectivity index (χ1v) is 9.76. The summed E-state index contributed by atoms with van der Waals surface area (Å²) in [4.78, 5) is 16.9. The summed E-state index contributed by atoms with van der Waals surface area (Å²) >= 11 is 0. The average molecular weight is 362 g/mol. The number of anilines is 1. The predicted molar refractivity (Wildman–Crippen MR) is 95.7 cm³/mol. The summed E-state index contributed by atoms with van der Waals surface area (Å²) in [6.45, 7) is 1.71. The minimum absolute atomic E-state index is 0.0763. The smallest absolute Gasteiger partial charge is 0.270 e. The van der Waals surface area contributed by atoms with E-state index in [1.54, 1.807) is 17.0 Å². The van der Waals surface area contributed by atoms with Crippen LogP contribution in [0.25, 0.3) is 0 Å². The minimum Gasteiger partial charge on any atom is -0.399 e. The Labute approximate surface area is 147 Å². The summed E-state index contributed by atoms with van der Waals surface area (Å²) in [6.07, 6.45) is 3.90. The van der Waals surface area contributed by atoms with Gasteiger partial charge >= 0.3 is 0 Å². The van der Waals surface area contributed by atoms with Crippen molar-refractivity contribution < 1.29 is 13.2 Å². The SMILES string of the molecule is Nc1ccc(CCNS(=O)(=O)c2c[nH]c(C(=O)N3CCCC3)c2)cc1. The van der Waals surface area contributed by atoms with Gasteiger partial charge in [0, 0.05) is 31.5 Å². The summed E-state index contributed by atoms with van der Waals surface area (Å²) in [5.41, 5.74) is 7.60. The highest BCUT2D eigenvalue weighted by Gasteiger charge is 2.23. The lowest BCUT2D eigenvalue weighted by Gasteiger charge is -2.13. The number of carbonyl (C=O) groups excluding carboxylic acids is 1. The minimum atomic E-state index is -3.65. The van der Waals surface area contributed by atoms with E-state index in [0.29, 0.717) is 17.8 Å². The van der Waals surface area contributed by atoms with Crippen molar-refractivity contribution in [3.8, 4) is 0 Å². The molecular weight excluding hydrogens is 340 g/mol. The Morgan fingerprint density at radius 2 is 1.88 bits per heavy atom. The van der Waals surface area contributed by atoms with Crippen molar-refractivity contribution in [1.29, 1.82) is 0 Å². The van der Waals surface area contributed by atoms with E-state index in [1.807, 2.05) is 12.1 Å². The monoisotopic (exact) mass is 362 g/mol. The lowest BCUT2D eigenvalue weighted by Crippen LogP contribution is -2.28. The molecule has 1 amide bonds. The van der Waals surface area contributed by atoms with Gasteiger partial charge in [0.2, 0.25) is 10.0 Å². The van der Waals surface area contributed by atoms with Crippen LogP contribution in [0.4, 0.5) is 5.69 Å². The molecule has 0 spiro atoms. The van der Waals surface area contributed by atoms with Crippen molar-refractivity contribution in [2.45, 2.75) is 24.2 Å². The number of H-pyrrole nitrogens is 1. The van der Waals surface area contributed by atoms with Crippen molar-refractivity contribution in [3.05, 3.63) is 47.8 Å². The van der Waals surface area contributed by atoms with E-state index in [-0.39, 0.29) is 17.3 Å². The number of nitrogens with two attached hydrogens (primary N) is 1. The Bertz CT molecular complexity index is 837. The highest BCUT2D eigenvalue weighted by molar-refractivity contribution is 7.89. The van der Waals surface area contributed by atoms with Gasteiger partial charge in [0.15, 0.2) is 0 Å². The Kier molecular flexibility index (Phi) is 5.10. The van der Waals surface area contributed by atoms with E-state index in [1.165, 1.54) is 12.3 Å². The summed E-state index contributed by atoms with van der Waals surface area (Å²) < 4.78 is 27.3. The number of rotatable bonds is 6. The lowest BCUT2D eigenvalue weighted by molar-refractivity contribution is 0.0787. The Morgan fingerprint density at radius 3 is 2.56 bits per heavy atom. The van der Waals surface area contributed by atoms with Crippen LogP contribution in [-0.4, -0.2) is 43.8 Å². The average Bonchev–Trinajstić information content (AvgIpc) is 3.28. The van der Waals surface area contributed by atoms with Crippen LogP contribution in [0.15, 0.2) is 41.4 Å². The van der Waals surface area contributed by atoms with Crippen LogP contribution < -0.4 is 10.5 Å². The van der Waals surface area contributed by atoms with Crippen LogP contribution in [-0.2, 0) is 16.4 Å². The number of nitrogen functional groups attached to an aromatic ring is 1. The highest BCUT2D eigenvalue weighted by atomic mass is 32.2. The van der Waals surface area contributed by atoms with E-state index < -0.39 is 10.0 Å². The zero-order valence-electron chi connectivity index (χ0n) is 13.9. The molecule has 0 radical (unpaired) electrons. The first kappa shape index (κ1) is 17.5. The van der Waals surface area contributed by atoms with Gasteiger partial charge in [0.05, 0.1) is 0 Å². The summed E-state index contributed by atoms with van der Waals surface area (Å²) in [5.74, 6) is -0.152. The second-order valence-electron chi connectivity index (χ2n) is 6.14. The van der Waals surface area contributed by atoms with Crippen molar-refractivity contribution >= 4 is 21.6 Å². The third-order valence-electron chi connectivity index (χ3n) is 4.28. The fourth-order valence-electron chi connectivity index (χ4n) is 2.84. The van der Waals surface area contributed by atoms with Crippen molar-refractivity contribution in [3.63, 3.8) is 0 Å². The zero-order chi connectivity index (χ0) is 17.9. The molecule has 1 aromatic carbocycles.